The Kier molecular flexibility index (Phi) is 5.04. The summed E-state index contributed by atoms with van der Waals surface area (Å²) in [6, 6.07) is 5.73. The van der Waals surface area contributed by atoms with Gasteiger partial charge in [0.15, 0.2) is 0 Å². The van der Waals surface area contributed by atoms with Crippen molar-refractivity contribution in [1.29, 1.82) is 0 Å². The van der Waals surface area contributed by atoms with Gasteiger partial charge in [0.1, 0.15) is 6.54 Å². The van der Waals surface area contributed by atoms with Crippen molar-refractivity contribution in [2.45, 2.75) is 19.9 Å². The number of benzene rings is 1. The van der Waals surface area contributed by atoms with Crippen LogP contribution in [0.25, 0.3) is 10.9 Å². The maximum atomic E-state index is 11.7. The molecule has 5 heteroatoms. The zero-order valence-corrected chi connectivity index (χ0v) is 12.5. The lowest BCUT2D eigenvalue weighted by Crippen LogP contribution is -2.13. The van der Waals surface area contributed by atoms with Gasteiger partial charge in [0, 0.05) is 22.1 Å². The molecule has 4 nitrogen and oxygen atoms in total. The number of ether oxygens (including phenoxy) is 1. The van der Waals surface area contributed by atoms with E-state index >= 15 is 0 Å². The number of carbonyl (C=O) groups excluding carboxylic acids is 1. The number of nitrogens with one attached hydrogen (secondary N) is 1. The molecule has 1 heterocycles. The minimum absolute atomic E-state index is 0.223. The first-order valence-electron chi connectivity index (χ1n) is 6.73. The van der Waals surface area contributed by atoms with Gasteiger partial charge in [-0.15, -0.1) is 0 Å². The first kappa shape index (κ1) is 14.9. The molecule has 1 N–H and O–H groups in total. The van der Waals surface area contributed by atoms with Crippen molar-refractivity contribution in [2.75, 3.05) is 20.2 Å². The van der Waals surface area contributed by atoms with Crippen LogP contribution in [0.1, 0.15) is 12.5 Å². The summed E-state index contributed by atoms with van der Waals surface area (Å²) in [4.78, 5) is 11.7. The molecule has 0 fully saturated rings. The molecule has 0 saturated carbocycles. The molecule has 0 amide bonds. The molecule has 20 heavy (non-hydrogen) atoms. The summed E-state index contributed by atoms with van der Waals surface area (Å²) in [6.07, 6.45) is 2.90. The molecule has 0 aliphatic rings. The fraction of sp³-hybridized carbons (Fsp3) is 0.400. The van der Waals surface area contributed by atoms with Gasteiger partial charge in [0.05, 0.1) is 6.61 Å². The fourth-order valence-electron chi connectivity index (χ4n) is 2.28. The number of likely N-dealkylation sites (N-methyl/N-ethyl adjacent to an activating group) is 1. The molecule has 0 spiro atoms. The highest BCUT2D eigenvalue weighted by Crippen LogP contribution is 2.25. The van der Waals surface area contributed by atoms with E-state index in [0.29, 0.717) is 11.6 Å². The molecule has 0 radical (unpaired) electrons. The third-order valence-corrected chi connectivity index (χ3v) is 3.41. The second kappa shape index (κ2) is 6.77. The van der Waals surface area contributed by atoms with Crippen LogP contribution in [-0.2, 0) is 22.5 Å². The fourth-order valence-corrected chi connectivity index (χ4v) is 2.45. The molecular weight excluding hydrogens is 276 g/mol. The highest BCUT2D eigenvalue weighted by Gasteiger charge is 2.12. The van der Waals surface area contributed by atoms with Gasteiger partial charge >= 0.3 is 5.97 Å². The van der Waals surface area contributed by atoms with Crippen LogP contribution in [0.15, 0.2) is 24.4 Å². The van der Waals surface area contributed by atoms with E-state index in [1.807, 2.05) is 42.9 Å². The maximum Gasteiger partial charge on any atom is 0.325 e. The summed E-state index contributed by atoms with van der Waals surface area (Å²) in [7, 11) is 1.92. The van der Waals surface area contributed by atoms with Gasteiger partial charge in [0.2, 0.25) is 0 Å². The quantitative estimate of drug-likeness (QED) is 0.833. The summed E-state index contributed by atoms with van der Waals surface area (Å²) in [5.41, 5.74) is 2.19. The summed E-state index contributed by atoms with van der Waals surface area (Å²) < 4.78 is 6.94. The van der Waals surface area contributed by atoms with Crippen LogP contribution in [0, 0.1) is 0 Å². The number of hydrogen-bond acceptors (Lipinski definition) is 3. The number of aromatic nitrogens is 1. The van der Waals surface area contributed by atoms with Gasteiger partial charge in [-0.05, 0) is 50.7 Å². The van der Waals surface area contributed by atoms with Gasteiger partial charge in [-0.2, -0.15) is 0 Å². The zero-order chi connectivity index (χ0) is 14.5. The van der Waals surface area contributed by atoms with Crippen LogP contribution in [0.4, 0.5) is 0 Å². The molecule has 0 bridgehead atoms. The topological polar surface area (TPSA) is 43.3 Å². The highest BCUT2D eigenvalue weighted by molar-refractivity contribution is 6.31. The van der Waals surface area contributed by atoms with E-state index < -0.39 is 0 Å². The van der Waals surface area contributed by atoms with Crippen molar-refractivity contribution >= 4 is 28.5 Å². The average molecular weight is 295 g/mol. The predicted octanol–water partition coefficient (Wildman–Crippen LogP) is 2.62. The largest absolute Gasteiger partial charge is 0.465 e. The predicted molar refractivity (Wildman–Crippen MR) is 81.2 cm³/mol. The van der Waals surface area contributed by atoms with Crippen LogP contribution in [0.5, 0.6) is 0 Å². The SMILES string of the molecule is CCOC(=O)Cn1cc(CCNC)c2cc(Cl)ccc21. The van der Waals surface area contributed by atoms with E-state index in [1.165, 1.54) is 5.56 Å². The van der Waals surface area contributed by atoms with Crippen molar-refractivity contribution < 1.29 is 9.53 Å². The summed E-state index contributed by atoms with van der Waals surface area (Å²) in [5, 5.41) is 4.93. The third kappa shape index (κ3) is 3.32. The lowest BCUT2D eigenvalue weighted by Gasteiger charge is -2.04. The molecule has 0 aliphatic carbocycles. The molecule has 2 rings (SSSR count). The number of halogens is 1. The molecular formula is C15H19ClN2O2. The van der Waals surface area contributed by atoms with E-state index in [0.717, 1.165) is 23.9 Å². The first-order chi connectivity index (χ1) is 9.65. The number of rotatable bonds is 6. The molecule has 2 aromatic rings. The minimum atomic E-state index is -0.223. The number of carbonyl (C=O) groups is 1. The van der Waals surface area contributed by atoms with Crippen LogP contribution in [-0.4, -0.2) is 30.7 Å². The Morgan fingerprint density at radius 3 is 2.95 bits per heavy atom. The van der Waals surface area contributed by atoms with Gasteiger partial charge in [-0.3, -0.25) is 4.79 Å². The van der Waals surface area contributed by atoms with Crippen LogP contribution in [0.3, 0.4) is 0 Å². The Hall–Kier alpha value is -1.52. The normalized spacial score (nSPS) is 10.9. The second-order valence-corrected chi connectivity index (χ2v) is 5.04. The van der Waals surface area contributed by atoms with E-state index in [9.17, 15) is 4.79 Å². The smallest absolute Gasteiger partial charge is 0.325 e. The second-order valence-electron chi connectivity index (χ2n) is 4.60. The van der Waals surface area contributed by atoms with Crippen molar-refractivity contribution in [3.8, 4) is 0 Å². The summed E-state index contributed by atoms with van der Waals surface area (Å²) in [5.74, 6) is -0.223. The van der Waals surface area contributed by atoms with Crippen LogP contribution in [0.2, 0.25) is 5.02 Å². The molecule has 1 aromatic heterocycles. The van der Waals surface area contributed by atoms with Crippen LogP contribution < -0.4 is 5.32 Å². The zero-order valence-electron chi connectivity index (χ0n) is 11.8. The van der Waals surface area contributed by atoms with E-state index in [2.05, 4.69) is 5.32 Å². The lowest BCUT2D eigenvalue weighted by molar-refractivity contribution is -0.143. The molecule has 108 valence electrons. The Balaban J connectivity index is 2.36. The number of hydrogen-bond donors (Lipinski definition) is 1. The third-order valence-electron chi connectivity index (χ3n) is 3.17. The van der Waals surface area contributed by atoms with Gasteiger partial charge in [0.25, 0.3) is 0 Å². The average Bonchev–Trinajstić information content (AvgIpc) is 2.74. The minimum Gasteiger partial charge on any atom is -0.465 e. The Morgan fingerprint density at radius 2 is 2.25 bits per heavy atom. The van der Waals surface area contributed by atoms with E-state index in [-0.39, 0.29) is 12.5 Å². The van der Waals surface area contributed by atoms with Crippen molar-refractivity contribution in [3.63, 3.8) is 0 Å². The monoisotopic (exact) mass is 294 g/mol. The Labute approximate surface area is 123 Å². The lowest BCUT2D eigenvalue weighted by atomic mass is 10.1. The van der Waals surface area contributed by atoms with Gasteiger partial charge in [-0.1, -0.05) is 11.6 Å². The molecule has 0 unspecified atom stereocenters. The van der Waals surface area contributed by atoms with Gasteiger partial charge < -0.3 is 14.6 Å². The number of fused-ring (bicyclic) bond motifs is 1. The van der Waals surface area contributed by atoms with Crippen molar-refractivity contribution in [1.82, 2.24) is 9.88 Å². The molecule has 0 aliphatic heterocycles. The van der Waals surface area contributed by atoms with Crippen molar-refractivity contribution in [2.24, 2.45) is 0 Å². The molecule has 0 saturated heterocycles. The maximum absolute atomic E-state index is 11.7. The highest BCUT2D eigenvalue weighted by atomic mass is 35.5. The first-order valence-corrected chi connectivity index (χ1v) is 7.11. The van der Waals surface area contributed by atoms with Crippen LogP contribution >= 0.6 is 11.6 Å². The number of nitrogens with zero attached hydrogens (tertiary/aromatic N) is 1. The Bertz CT molecular complexity index is 607. The van der Waals surface area contributed by atoms with Gasteiger partial charge in [-0.25, -0.2) is 0 Å². The standard InChI is InChI=1S/C15H19ClN2O2/c1-3-20-15(19)10-18-9-11(6-7-17-2)13-8-12(16)4-5-14(13)18/h4-5,8-9,17H,3,6-7,10H2,1-2H3. The van der Waals surface area contributed by atoms with E-state index in [1.54, 1.807) is 0 Å². The molecule has 0 atom stereocenters. The van der Waals surface area contributed by atoms with E-state index in [4.69, 9.17) is 16.3 Å². The number of esters is 1. The van der Waals surface area contributed by atoms with Crippen molar-refractivity contribution in [3.05, 3.63) is 35.0 Å². The Morgan fingerprint density at radius 1 is 1.45 bits per heavy atom. The molecule has 1 aromatic carbocycles. The summed E-state index contributed by atoms with van der Waals surface area (Å²) in [6.45, 7) is 3.32. The summed E-state index contributed by atoms with van der Waals surface area (Å²) >= 11 is 6.07.